The van der Waals surface area contributed by atoms with E-state index in [1.807, 2.05) is 30.3 Å². The molecule has 0 spiro atoms. The molecule has 9 aromatic carbocycles. The number of nitrogens with zero attached hydrogens (tertiary/aromatic N) is 2. The molecule has 6 heteroatoms. The Morgan fingerprint density at radius 3 is 1.48 bits per heavy atom. The fourth-order valence-corrected chi connectivity index (χ4v) is 9.04. The number of hydrogen-bond donors (Lipinski definition) is 0. The number of fused-ring (bicyclic) bond motifs is 6. The number of ether oxygens (including phenoxy) is 3. The predicted octanol–water partition coefficient (Wildman–Crippen LogP) is 12.3. The van der Waals surface area contributed by atoms with Gasteiger partial charge in [-0.3, -0.25) is 0 Å². The molecule has 0 aromatic heterocycles. The van der Waals surface area contributed by atoms with Crippen LogP contribution in [0, 0.1) is 0 Å². The summed E-state index contributed by atoms with van der Waals surface area (Å²) in [7, 11) is 0. The van der Waals surface area contributed by atoms with E-state index in [4.69, 9.17) is 14.2 Å². The van der Waals surface area contributed by atoms with Gasteiger partial charge in [0.15, 0.2) is 0 Å². The highest BCUT2D eigenvalue weighted by Crippen LogP contribution is 2.52. The van der Waals surface area contributed by atoms with Gasteiger partial charge >= 0.3 is 0 Å². The minimum atomic E-state index is -0.117. The van der Waals surface area contributed by atoms with Crippen LogP contribution in [-0.4, -0.2) is 6.71 Å². The maximum atomic E-state index is 6.92. The summed E-state index contributed by atoms with van der Waals surface area (Å²) in [5.74, 6) is 4.88. The summed E-state index contributed by atoms with van der Waals surface area (Å²) < 4.78 is 20.5. The van der Waals surface area contributed by atoms with Gasteiger partial charge in [-0.1, -0.05) is 103 Å². The molecule has 0 atom stereocenters. The molecule has 0 saturated heterocycles. The SMILES string of the molecule is c1ccc(N(c2ccccc2)c2ccc3c(c2)Oc2cccc4c2B3c2cc3c(cc2O4)-c2ccc(N(c4ccccc4)c4ccccc4)c4cccc(c24)O3)cc1. The minimum absolute atomic E-state index is 0.117. The maximum absolute atomic E-state index is 6.92. The lowest BCUT2D eigenvalue weighted by Gasteiger charge is -2.35. The van der Waals surface area contributed by atoms with E-state index in [0.717, 1.165) is 107 Å². The van der Waals surface area contributed by atoms with Crippen molar-refractivity contribution in [3.8, 4) is 45.6 Å². The number of benzene rings is 9. The number of para-hydroxylation sites is 4. The van der Waals surface area contributed by atoms with Crippen LogP contribution in [-0.2, 0) is 0 Å². The van der Waals surface area contributed by atoms with Crippen molar-refractivity contribution >= 4 is 68.0 Å². The van der Waals surface area contributed by atoms with Crippen LogP contribution in [0.25, 0.3) is 21.9 Å². The van der Waals surface area contributed by atoms with Crippen molar-refractivity contribution < 1.29 is 14.2 Å². The fraction of sp³-hybridized carbons (Fsp3) is 0. The Bertz CT molecular complexity index is 2970. The molecular formula is C52H33BN2O3. The Balaban J connectivity index is 0.996. The summed E-state index contributed by atoms with van der Waals surface area (Å²) in [5.41, 5.74) is 11.7. The molecule has 3 aliphatic rings. The lowest BCUT2D eigenvalue weighted by atomic mass is 9.35. The average Bonchev–Trinajstić information content (AvgIpc) is 3.28. The van der Waals surface area contributed by atoms with Crippen LogP contribution in [0.4, 0.5) is 34.1 Å². The Labute approximate surface area is 336 Å². The molecule has 9 aromatic rings. The van der Waals surface area contributed by atoms with Crippen molar-refractivity contribution in [3.05, 3.63) is 200 Å². The first-order chi connectivity index (χ1) is 28.8. The molecule has 12 rings (SSSR count). The first-order valence-electron chi connectivity index (χ1n) is 19.6. The summed E-state index contributed by atoms with van der Waals surface area (Å²) in [6, 6.07) is 69.8. The lowest BCUT2D eigenvalue weighted by molar-refractivity contribution is 0.461. The van der Waals surface area contributed by atoms with Crippen molar-refractivity contribution in [2.45, 2.75) is 0 Å². The van der Waals surface area contributed by atoms with Crippen LogP contribution in [0.1, 0.15) is 0 Å². The molecule has 0 amide bonds. The van der Waals surface area contributed by atoms with Crippen molar-refractivity contribution in [3.63, 3.8) is 0 Å². The second-order valence-corrected chi connectivity index (χ2v) is 14.8. The van der Waals surface area contributed by atoms with E-state index < -0.39 is 0 Å². The normalized spacial score (nSPS) is 12.5. The zero-order valence-electron chi connectivity index (χ0n) is 31.2. The molecule has 272 valence electrons. The van der Waals surface area contributed by atoms with Gasteiger partial charge in [0.05, 0.1) is 5.69 Å². The van der Waals surface area contributed by atoms with Crippen LogP contribution >= 0.6 is 0 Å². The molecular weight excluding hydrogens is 711 g/mol. The van der Waals surface area contributed by atoms with E-state index in [9.17, 15) is 0 Å². The van der Waals surface area contributed by atoms with Crippen LogP contribution in [0.15, 0.2) is 200 Å². The molecule has 3 aliphatic heterocycles. The molecule has 0 unspecified atom stereocenters. The van der Waals surface area contributed by atoms with E-state index in [-0.39, 0.29) is 6.71 Å². The van der Waals surface area contributed by atoms with Gasteiger partial charge in [-0.05, 0) is 107 Å². The van der Waals surface area contributed by atoms with Gasteiger partial charge in [0, 0.05) is 56.3 Å². The predicted molar refractivity (Wildman–Crippen MR) is 237 cm³/mol. The van der Waals surface area contributed by atoms with Crippen molar-refractivity contribution in [1.82, 2.24) is 0 Å². The maximum Gasteiger partial charge on any atom is 0.260 e. The number of rotatable bonds is 6. The monoisotopic (exact) mass is 744 g/mol. The second-order valence-electron chi connectivity index (χ2n) is 14.8. The largest absolute Gasteiger partial charge is 0.458 e. The second kappa shape index (κ2) is 12.9. The van der Waals surface area contributed by atoms with Crippen molar-refractivity contribution in [1.29, 1.82) is 0 Å². The van der Waals surface area contributed by atoms with Gasteiger partial charge in [0.2, 0.25) is 0 Å². The highest BCUT2D eigenvalue weighted by atomic mass is 16.5. The topological polar surface area (TPSA) is 34.2 Å². The molecule has 58 heavy (non-hydrogen) atoms. The quantitative estimate of drug-likeness (QED) is 0.158. The minimum Gasteiger partial charge on any atom is -0.458 e. The highest BCUT2D eigenvalue weighted by molar-refractivity contribution is 6.98. The summed E-state index contributed by atoms with van der Waals surface area (Å²) in [4.78, 5) is 4.58. The van der Waals surface area contributed by atoms with Gasteiger partial charge in [0.1, 0.15) is 34.5 Å². The number of hydrogen-bond acceptors (Lipinski definition) is 5. The Morgan fingerprint density at radius 2 is 0.862 bits per heavy atom. The van der Waals surface area contributed by atoms with Crippen molar-refractivity contribution in [2.24, 2.45) is 0 Å². The van der Waals surface area contributed by atoms with Gasteiger partial charge in [-0.25, -0.2) is 0 Å². The third-order valence-electron chi connectivity index (χ3n) is 11.5. The number of anilines is 6. The zero-order valence-corrected chi connectivity index (χ0v) is 31.2. The Morgan fingerprint density at radius 1 is 0.328 bits per heavy atom. The molecule has 0 saturated carbocycles. The summed E-state index contributed by atoms with van der Waals surface area (Å²) in [6.45, 7) is -0.117. The van der Waals surface area contributed by atoms with Gasteiger partial charge < -0.3 is 24.0 Å². The van der Waals surface area contributed by atoms with E-state index in [2.05, 4.69) is 180 Å². The van der Waals surface area contributed by atoms with Crippen LogP contribution in [0.2, 0.25) is 0 Å². The molecule has 0 aliphatic carbocycles. The fourth-order valence-electron chi connectivity index (χ4n) is 9.04. The zero-order chi connectivity index (χ0) is 38.2. The first kappa shape index (κ1) is 32.5. The standard InChI is InChI=1S/C52H33BN2O3/c1-5-15-34(16-6-1)54(35-17-7-2-8-18-35)38-27-29-42-49(31-38)57-46-25-14-26-47-52(46)53(42)43-33-48-41(32-50(43)58-47)39-28-30-44(40-23-13-24-45(56-48)51(39)40)55(36-19-9-3-10-20-36)37-21-11-4-12-22-37/h1-33H. The lowest BCUT2D eigenvalue weighted by Crippen LogP contribution is -2.57. The molecule has 0 fully saturated rings. The third kappa shape index (κ3) is 5.05. The molecule has 5 nitrogen and oxygen atoms in total. The Kier molecular flexibility index (Phi) is 7.26. The average molecular weight is 745 g/mol. The van der Waals surface area contributed by atoms with Crippen molar-refractivity contribution in [2.75, 3.05) is 9.80 Å². The van der Waals surface area contributed by atoms with Crippen LogP contribution in [0.3, 0.4) is 0 Å². The van der Waals surface area contributed by atoms with E-state index >= 15 is 0 Å². The molecule has 0 bridgehead atoms. The molecule has 0 radical (unpaired) electrons. The third-order valence-corrected chi connectivity index (χ3v) is 11.5. The highest BCUT2D eigenvalue weighted by Gasteiger charge is 2.41. The molecule has 3 heterocycles. The molecule has 0 N–H and O–H groups in total. The van der Waals surface area contributed by atoms with Gasteiger partial charge in [0.25, 0.3) is 6.71 Å². The van der Waals surface area contributed by atoms with E-state index in [0.29, 0.717) is 0 Å². The van der Waals surface area contributed by atoms with E-state index in [1.54, 1.807) is 0 Å². The van der Waals surface area contributed by atoms with Gasteiger partial charge in [-0.2, -0.15) is 0 Å². The van der Waals surface area contributed by atoms with Gasteiger partial charge in [-0.15, -0.1) is 0 Å². The summed E-state index contributed by atoms with van der Waals surface area (Å²) >= 11 is 0. The smallest absolute Gasteiger partial charge is 0.260 e. The summed E-state index contributed by atoms with van der Waals surface area (Å²) in [5, 5.41) is 2.18. The summed E-state index contributed by atoms with van der Waals surface area (Å²) in [6.07, 6.45) is 0. The van der Waals surface area contributed by atoms with Crippen LogP contribution in [0.5, 0.6) is 34.5 Å². The Hall–Kier alpha value is -7.70. The van der Waals surface area contributed by atoms with E-state index in [1.165, 1.54) is 0 Å². The van der Waals surface area contributed by atoms with Crippen LogP contribution < -0.4 is 40.4 Å². The first-order valence-corrected chi connectivity index (χ1v) is 19.6.